The van der Waals surface area contributed by atoms with Crippen LogP contribution in [-0.4, -0.2) is 13.1 Å². The third-order valence-electron chi connectivity index (χ3n) is 2.31. The minimum absolute atomic E-state index is 0.116. The van der Waals surface area contributed by atoms with Crippen molar-refractivity contribution in [2.45, 2.75) is 12.8 Å². The lowest BCUT2D eigenvalue weighted by molar-refractivity contribution is -0.145. The molecule has 15 heavy (non-hydrogen) atoms. The topological polar surface area (TPSA) is 26.3 Å². The molecule has 0 heterocycles. The molecule has 0 N–H and O–H groups in total. The van der Waals surface area contributed by atoms with Gasteiger partial charge in [-0.15, -0.1) is 6.58 Å². The van der Waals surface area contributed by atoms with Crippen LogP contribution < -0.4 is 0 Å². The van der Waals surface area contributed by atoms with Crippen LogP contribution in [0, 0.1) is 5.92 Å². The van der Waals surface area contributed by atoms with Crippen molar-refractivity contribution in [2.24, 2.45) is 5.92 Å². The number of carbonyl (C=O) groups excluding carboxylic acids is 1. The van der Waals surface area contributed by atoms with Crippen molar-refractivity contribution < 1.29 is 9.53 Å². The van der Waals surface area contributed by atoms with Gasteiger partial charge >= 0.3 is 5.97 Å². The summed E-state index contributed by atoms with van der Waals surface area (Å²) in [7, 11) is 1.42. The predicted octanol–water partition coefficient (Wildman–Crippen LogP) is 2.59. The number of allylic oxidation sites excluding steroid dienone is 1. The highest BCUT2D eigenvalue weighted by Crippen LogP contribution is 2.14. The molecular formula is C13H16O2. The number of carbonyl (C=O) groups is 1. The highest BCUT2D eigenvalue weighted by atomic mass is 16.5. The molecule has 0 spiro atoms. The van der Waals surface area contributed by atoms with E-state index in [1.54, 1.807) is 6.08 Å². The van der Waals surface area contributed by atoms with E-state index in [1.807, 2.05) is 30.3 Å². The van der Waals surface area contributed by atoms with E-state index in [0.717, 1.165) is 5.56 Å². The molecule has 0 fully saturated rings. The molecule has 1 rings (SSSR count). The largest absolute Gasteiger partial charge is 0.469 e. The maximum atomic E-state index is 11.4. The van der Waals surface area contributed by atoms with Crippen LogP contribution in [0.2, 0.25) is 0 Å². The molecule has 0 radical (unpaired) electrons. The Balaban J connectivity index is 2.66. The second kappa shape index (κ2) is 6.02. The van der Waals surface area contributed by atoms with E-state index in [1.165, 1.54) is 7.11 Å². The Bertz CT molecular complexity index is 317. The van der Waals surface area contributed by atoms with E-state index in [-0.39, 0.29) is 11.9 Å². The molecule has 0 unspecified atom stereocenters. The molecular weight excluding hydrogens is 188 g/mol. The van der Waals surface area contributed by atoms with Crippen LogP contribution in [0.1, 0.15) is 12.0 Å². The number of ether oxygens (including phenoxy) is 1. The maximum absolute atomic E-state index is 11.4. The first-order valence-corrected chi connectivity index (χ1v) is 5.00. The van der Waals surface area contributed by atoms with Crippen LogP contribution >= 0.6 is 0 Å². The molecule has 0 amide bonds. The summed E-state index contributed by atoms with van der Waals surface area (Å²) in [6.45, 7) is 3.65. The first kappa shape index (κ1) is 11.5. The summed E-state index contributed by atoms with van der Waals surface area (Å²) in [4.78, 5) is 11.4. The lowest BCUT2D eigenvalue weighted by atomic mass is 9.96. The molecule has 80 valence electrons. The van der Waals surface area contributed by atoms with Crippen LogP contribution in [0.3, 0.4) is 0 Å². The monoisotopic (exact) mass is 204 g/mol. The smallest absolute Gasteiger partial charge is 0.309 e. The van der Waals surface area contributed by atoms with Crippen LogP contribution in [0.15, 0.2) is 43.0 Å². The molecule has 2 nitrogen and oxygen atoms in total. The van der Waals surface area contributed by atoms with Crippen molar-refractivity contribution >= 4 is 5.97 Å². The lowest BCUT2D eigenvalue weighted by Gasteiger charge is -2.12. The van der Waals surface area contributed by atoms with Crippen molar-refractivity contribution in [3.63, 3.8) is 0 Å². The molecule has 0 aliphatic heterocycles. The Labute approximate surface area is 90.6 Å². The standard InChI is InChI=1S/C13H16O2/c1-3-7-12(13(14)15-2)10-11-8-5-4-6-9-11/h3-6,8-9,12H,1,7,10H2,2H3/t12-/m1/s1. The van der Waals surface area contributed by atoms with Gasteiger partial charge in [0.25, 0.3) is 0 Å². The van der Waals surface area contributed by atoms with Crippen molar-refractivity contribution in [3.8, 4) is 0 Å². The fraction of sp³-hybridized carbons (Fsp3) is 0.308. The molecule has 0 bridgehead atoms. The van der Waals surface area contributed by atoms with Gasteiger partial charge in [0, 0.05) is 0 Å². The Morgan fingerprint density at radius 1 is 1.47 bits per heavy atom. The number of esters is 1. The van der Waals surface area contributed by atoms with Crippen molar-refractivity contribution in [3.05, 3.63) is 48.6 Å². The molecule has 1 aromatic carbocycles. The van der Waals surface area contributed by atoms with Crippen LogP contribution in [0.4, 0.5) is 0 Å². The van der Waals surface area contributed by atoms with E-state index >= 15 is 0 Å². The molecule has 0 saturated carbocycles. The average molecular weight is 204 g/mol. The summed E-state index contributed by atoms with van der Waals surface area (Å²) >= 11 is 0. The van der Waals surface area contributed by atoms with Crippen molar-refractivity contribution in [1.29, 1.82) is 0 Å². The Morgan fingerprint density at radius 3 is 2.67 bits per heavy atom. The molecule has 0 aliphatic carbocycles. The zero-order chi connectivity index (χ0) is 11.1. The minimum atomic E-state index is -0.168. The number of benzene rings is 1. The minimum Gasteiger partial charge on any atom is -0.469 e. The zero-order valence-corrected chi connectivity index (χ0v) is 8.98. The summed E-state index contributed by atoms with van der Waals surface area (Å²) in [6.07, 6.45) is 3.12. The Kier molecular flexibility index (Phi) is 4.61. The number of methoxy groups -OCH3 is 1. The molecule has 2 heteroatoms. The van der Waals surface area contributed by atoms with E-state index in [2.05, 4.69) is 6.58 Å². The highest BCUT2D eigenvalue weighted by Gasteiger charge is 2.17. The summed E-state index contributed by atoms with van der Waals surface area (Å²) < 4.78 is 4.75. The highest BCUT2D eigenvalue weighted by molar-refractivity contribution is 5.72. The normalized spacial score (nSPS) is 11.8. The number of rotatable bonds is 5. The van der Waals surface area contributed by atoms with E-state index in [9.17, 15) is 4.79 Å². The summed E-state index contributed by atoms with van der Waals surface area (Å²) in [5.41, 5.74) is 1.15. The van der Waals surface area contributed by atoms with Gasteiger partial charge in [-0.25, -0.2) is 0 Å². The van der Waals surface area contributed by atoms with Gasteiger partial charge < -0.3 is 4.74 Å². The second-order valence-corrected chi connectivity index (χ2v) is 3.43. The third-order valence-corrected chi connectivity index (χ3v) is 2.31. The fourth-order valence-electron chi connectivity index (χ4n) is 1.53. The van der Waals surface area contributed by atoms with Crippen molar-refractivity contribution in [1.82, 2.24) is 0 Å². The van der Waals surface area contributed by atoms with Crippen LogP contribution in [0.5, 0.6) is 0 Å². The fourth-order valence-corrected chi connectivity index (χ4v) is 1.53. The van der Waals surface area contributed by atoms with Gasteiger partial charge in [-0.05, 0) is 18.4 Å². The van der Waals surface area contributed by atoms with Gasteiger partial charge in [0.15, 0.2) is 0 Å². The first-order valence-electron chi connectivity index (χ1n) is 5.00. The zero-order valence-electron chi connectivity index (χ0n) is 8.98. The van der Waals surface area contributed by atoms with Crippen LogP contribution in [0.25, 0.3) is 0 Å². The lowest BCUT2D eigenvalue weighted by Crippen LogP contribution is -2.18. The SMILES string of the molecule is C=CC[C@H](Cc1ccccc1)C(=O)OC. The van der Waals surface area contributed by atoms with Gasteiger partial charge in [-0.3, -0.25) is 4.79 Å². The van der Waals surface area contributed by atoms with Gasteiger partial charge in [-0.2, -0.15) is 0 Å². The van der Waals surface area contributed by atoms with Gasteiger partial charge in [0.1, 0.15) is 0 Å². The molecule has 0 aliphatic rings. The van der Waals surface area contributed by atoms with Gasteiger partial charge in [-0.1, -0.05) is 36.4 Å². The maximum Gasteiger partial charge on any atom is 0.309 e. The Hall–Kier alpha value is -1.57. The van der Waals surface area contributed by atoms with E-state index in [4.69, 9.17) is 4.74 Å². The average Bonchev–Trinajstić information content (AvgIpc) is 2.29. The number of hydrogen-bond donors (Lipinski definition) is 0. The van der Waals surface area contributed by atoms with E-state index in [0.29, 0.717) is 12.8 Å². The first-order chi connectivity index (χ1) is 7.27. The summed E-state index contributed by atoms with van der Waals surface area (Å²) in [5.74, 6) is -0.284. The molecule has 0 aromatic heterocycles. The van der Waals surface area contributed by atoms with Gasteiger partial charge in [0.2, 0.25) is 0 Å². The summed E-state index contributed by atoms with van der Waals surface area (Å²) in [6, 6.07) is 9.93. The quantitative estimate of drug-likeness (QED) is 0.544. The molecule has 0 saturated heterocycles. The predicted molar refractivity (Wildman–Crippen MR) is 60.5 cm³/mol. The Morgan fingerprint density at radius 2 is 2.13 bits per heavy atom. The van der Waals surface area contributed by atoms with Crippen molar-refractivity contribution in [2.75, 3.05) is 7.11 Å². The molecule has 1 aromatic rings. The summed E-state index contributed by atoms with van der Waals surface area (Å²) in [5, 5.41) is 0. The second-order valence-electron chi connectivity index (χ2n) is 3.43. The van der Waals surface area contributed by atoms with Crippen LogP contribution in [-0.2, 0) is 16.0 Å². The van der Waals surface area contributed by atoms with Gasteiger partial charge in [0.05, 0.1) is 13.0 Å². The molecule has 1 atom stereocenters. The number of hydrogen-bond acceptors (Lipinski definition) is 2. The third kappa shape index (κ3) is 3.58. The van der Waals surface area contributed by atoms with E-state index < -0.39 is 0 Å².